The Bertz CT molecular complexity index is 268. The lowest BCUT2D eigenvalue weighted by Crippen LogP contribution is -2.09. The minimum Gasteiger partial charge on any atom is -0.0654 e. The SMILES string of the molecule is CCCCc1s[s+]cc1CC(C)(C)C. The summed E-state index contributed by atoms with van der Waals surface area (Å²) in [5, 5.41) is 2.35. The van der Waals surface area contributed by atoms with Gasteiger partial charge in [-0.15, -0.1) is 0 Å². The van der Waals surface area contributed by atoms with E-state index in [4.69, 9.17) is 0 Å². The van der Waals surface area contributed by atoms with Crippen molar-refractivity contribution in [3.8, 4) is 0 Å². The van der Waals surface area contributed by atoms with Crippen LogP contribution in [0, 0.1) is 5.41 Å². The van der Waals surface area contributed by atoms with Gasteiger partial charge >= 0.3 is 0 Å². The molecule has 0 aliphatic heterocycles. The van der Waals surface area contributed by atoms with Gasteiger partial charge in [-0.3, -0.25) is 0 Å². The molecule has 1 aromatic rings. The van der Waals surface area contributed by atoms with Crippen molar-refractivity contribution in [2.75, 3.05) is 0 Å². The van der Waals surface area contributed by atoms with Crippen molar-refractivity contribution in [1.82, 2.24) is 0 Å². The molecule has 0 N–H and O–H groups in total. The number of rotatable bonds is 4. The molecule has 0 unspecified atom stereocenters. The molecular weight excluding hydrogens is 208 g/mol. The van der Waals surface area contributed by atoms with E-state index in [1.165, 1.54) is 25.7 Å². The summed E-state index contributed by atoms with van der Waals surface area (Å²) in [5.74, 6) is 0. The normalized spacial score (nSPS) is 12.0. The van der Waals surface area contributed by atoms with Crippen molar-refractivity contribution in [3.05, 3.63) is 15.8 Å². The summed E-state index contributed by atoms with van der Waals surface area (Å²) in [6, 6.07) is 0. The summed E-state index contributed by atoms with van der Waals surface area (Å²) in [7, 11) is 3.87. The van der Waals surface area contributed by atoms with Crippen LogP contribution in [0.25, 0.3) is 0 Å². The molecule has 0 saturated heterocycles. The Hall–Kier alpha value is 0.0500. The Labute approximate surface area is 95.4 Å². The molecule has 1 rings (SSSR count). The standard InChI is InChI=1S/C12H21S2/c1-5-6-7-11-10(9-13-14-11)8-12(2,3)4/h9H,5-8H2,1-4H3/q+1. The lowest BCUT2D eigenvalue weighted by Gasteiger charge is -2.16. The molecule has 14 heavy (non-hydrogen) atoms. The number of aryl methyl sites for hydroxylation is 1. The van der Waals surface area contributed by atoms with E-state index >= 15 is 0 Å². The molecule has 1 aromatic heterocycles. The fraction of sp³-hybridized carbons (Fsp3) is 0.750. The van der Waals surface area contributed by atoms with Crippen LogP contribution in [0.15, 0.2) is 5.38 Å². The highest BCUT2D eigenvalue weighted by Gasteiger charge is 2.19. The van der Waals surface area contributed by atoms with Crippen molar-refractivity contribution >= 4 is 20.7 Å². The third kappa shape index (κ3) is 4.05. The topological polar surface area (TPSA) is 0 Å². The maximum Gasteiger partial charge on any atom is 0.292 e. The summed E-state index contributed by atoms with van der Waals surface area (Å²) in [4.78, 5) is 1.63. The fourth-order valence-corrected chi connectivity index (χ4v) is 3.97. The molecule has 0 aliphatic carbocycles. The van der Waals surface area contributed by atoms with E-state index < -0.39 is 0 Å². The molecule has 1 heterocycles. The van der Waals surface area contributed by atoms with E-state index in [1.807, 2.05) is 20.7 Å². The zero-order valence-corrected chi connectivity index (χ0v) is 11.4. The highest BCUT2D eigenvalue weighted by molar-refractivity contribution is 7.68. The molecule has 80 valence electrons. The van der Waals surface area contributed by atoms with Crippen molar-refractivity contribution in [3.63, 3.8) is 0 Å². The van der Waals surface area contributed by atoms with Crippen molar-refractivity contribution in [2.45, 2.75) is 53.4 Å². The molecular formula is C12H21S2+. The van der Waals surface area contributed by atoms with Gasteiger partial charge in [-0.05, 0) is 24.7 Å². The molecule has 0 aliphatic rings. The van der Waals surface area contributed by atoms with E-state index in [0.29, 0.717) is 5.41 Å². The number of hydrogen-bond donors (Lipinski definition) is 0. The molecule has 0 nitrogen and oxygen atoms in total. The largest absolute Gasteiger partial charge is 0.292 e. The quantitative estimate of drug-likeness (QED) is 0.502. The second-order valence-corrected chi connectivity index (χ2v) is 7.25. The highest BCUT2D eigenvalue weighted by atomic mass is 32.9. The van der Waals surface area contributed by atoms with Gasteiger partial charge in [-0.25, -0.2) is 0 Å². The molecule has 0 saturated carbocycles. The summed E-state index contributed by atoms with van der Waals surface area (Å²) in [6.45, 7) is 9.22. The van der Waals surface area contributed by atoms with Crippen LogP contribution < -0.4 is 0 Å². The minimum atomic E-state index is 0.425. The summed E-state index contributed by atoms with van der Waals surface area (Å²) >= 11 is 0. The minimum absolute atomic E-state index is 0.425. The van der Waals surface area contributed by atoms with Gasteiger partial charge in [0, 0.05) is 5.56 Å². The first kappa shape index (κ1) is 12.1. The predicted octanol–water partition coefficient (Wildman–Crippen LogP) is 5.02. The van der Waals surface area contributed by atoms with Crippen LogP contribution in [0.1, 0.15) is 51.0 Å². The molecule has 0 fully saturated rings. The van der Waals surface area contributed by atoms with E-state index in [0.717, 1.165) is 0 Å². The monoisotopic (exact) mass is 229 g/mol. The predicted molar refractivity (Wildman–Crippen MR) is 68.4 cm³/mol. The lowest BCUT2D eigenvalue weighted by atomic mass is 9.88. The highest BCUT2D eigenvalue weighted by Crippen LogP contribution is 2.30. The Kier molecular flexibility index (Phi) is 4.52. The fourth-order valence-electron chi connectivity index (χ4n) is 1.51. The Morgan fingerprint density at radius 2 is 2.07 bits per heavy atom. The molecule has 0 atom stereocenters. The second-order valence-electron chi connectivity index (χ2n) is 5.09. The first-order valence-electron chi connectivity index (χ1n) is 5.41. The maximum atomic E-state index is 2.35. The van der Waals surface area contributed by atoms with Crippen LogP contribution in [-0.2, 0) is 12.8 Å². The summed E-state index contributed by atoms with van der Waals surface area (Å²) in [6.07, 6.45) is 5.16. The van der Waals surface area contributed by atoms with Crippen LogP contribution in [0.3, 0.4) is 0 Å². The van der Waals surface area contributed by atoms with Crippen LogP contribution in [0.4, 0.5) is 0 Å². The lowest BCUT2D eigenvalue weighted by molar-refractivity contribution is 0.410. The Morgan fingerprint density at radius 3 is 2.64 bits per heavy atom. The first-order valence-corrected chi connectivity index (χ1v) is 7.63. The number of unbranched alkanes of at least 4 members (excludes halogenated alkanes) is 1. The smallest absolute Gasteiger partial charge is 0.0654 e. The molecule has 0 aromatic carbocycles. The van der Waals surface area contributed by atoms with E-state index in [2.05, 4.69) is 33.1 Å². The van der Waals surface area contributed by atoms with Crippen molar-refractivity contribution < 1.29 is 0 Å². The van der Waals surface area contributed by atoms with Gasteiger partial charge in [0.25, 0.3) is 10.3 Å². The molecule has 0 bridgehead atoms. The van der Waals surface area contributed by atoms with Crippen molar-refractivity contribution in [1.29, 1.82) is 0 Å². The summed E-state index contributed by atoms with van der Waals surface area (Å²) < 4.78 is 0. The molecule has 0 amide bonds. The zero-order valence-electron chi connectivity index (χ0n) is 9.72. The molecule has 0 radical (unpaired) electrons. The average Bonchev–Trinajstić information content (AvgIpc) is 2.45. The average molecular weight is 229 g/mol. The van der Waals surface area contributed by atoms with E-state index in [-0.39, 0.29) is 0 Å². The third-order valence-corrected chi connectivity index (χ3v) is 4.50. The Morgan fingerprint density at radius 1 is 1.36 bits per heavy atom. The van der Waals surface area contributed by atoms with Gasteiger partial charge < -0.3 is 0 Å². The van der Waals surface area contributed by atoms with E-state index in [9.17, 15) is 0 Å². The van der Waals surface area contributed by atoms with Gasteiger partial charge in [-0.2, -0.15) is 0 Å². The van der Waals surface area contributed by atoms with Crippen molar-refractivity contribution in [2.24, 2.45) is 5.41 Å². The van der Waals surface area contributed by atoms with Crippen LogP contribution in [0.5, 0.6) is 0 Å². The molecule has 2 heteroatoms. The van der Waals surface area contributed by atoms with Gasteiger partial charge in [0.15, 0.2) is 10.3 Å². The van der Waals surface area contributed by atoms with E-state index in [1.54, 1.807) is 10.4 Å². The van der Waals surface area contributed by atoms with Gasteiger partial charge in [0.2, 0.25) is 5.38 Å². The third-order valence-electron chi connectivity index (χ3n) is 2.18. The summed E-state index contributed by atoms with van der Waals surface area (Å²) in [5.41, 5.74) is 2.02. The Balaban J connectivity index is 2.63. The van der Waals surface area contributed by atoms with Gasteiger partial charge in [0.1, 0.15) is 0 Å². The van der Waals surface area contributed by atoms with Crippen LogP contribution >= 0.6 is 20.7 Å². The first-order chi connectivity index (χ1) is 6.53. The van der Waals surface area contributed by atoms with Gasteiger partial charge in [-0.1, -0.05) is 34.1 Å². The molecule has 0 spiro atoms. The van der Waals surface area contributed by atoms with Gasteiger partial charge in [0.05, 0.1) is 4.88 Å². The van der Waals surface area contributed by atoms with Crippen LogP contribution in [0.2, 0.25) is 0 Å². The maximum absolute atomic E-state index is 2.35. The van der Waals surface area contributed by atoms with Crippen LogP contribution in [-0.4, -0.2) is 0 Å². The zero-order chi connectivity index (χ0) is 10.6. The number of hydrogen-bond acceptors (Lipinski definition) is 1. The second kappa shape index (κ2) is 5.22.